The molecule has 94 valence electrons. The summed E-state index contributed by atoms with van der Waals surface area (Å²) >= 11 is 1.33. The third-order valence-corrected chi connectivity index (χ3v) is 4.61. The van der Waals surface area contributed by atoms with Crippen LogP contribution >= 0.6 is 11.3 Å². The molecule has 1 aromatic heterocycles. The molecular weight excluding hydrogens is 248 g/mol. The van der Waals surface area contributed by atoms with Crippen LogP contribution < -0.4 is 11.1 Å². The second-order valence-corrected chi connectivity index (χ2v) is 5.82. The molecule has 0 unspecified atom stereocenters. The highest BCUT2D eigenvalue weighted by Crippen LogP contribution is 2.44. The summed E-state index contributed by atoms with van der Waals surface area (Å²) in [7, 11) is 0. The summed E-state index contributed by atoms with van der Waals surface area (Å²) in [6, 6.07) is 1.64. The lowest BCUT2D eigenvalue weighted by Gasteiger charge is -2.17. The van der Waals surface area contributed by atoms with Crippen molar-refractivity contribution in [2.45, 2.75) is 12.8 Å². The van der Waals surface area contributed by atoms with Gasteiger partial charge >= 0.3 is 0 Å². The number of hydrogen-bond acceptors (Lipinski definition) is 3. The van der Waals surface area contributed by atoms with Crippen molar-refractivity contribution in [3.05, 3.63) is 29.2 Å². The quantitative estimate of drug-likeness (QED) is 0.818. The molecule has 3 rings (SSSR count). The number of hydrogen-bond donors (Lipinski definition) is 2. The van der Waals surface area contributed by atoms with Crippen LogP contribution in [0.15, 0.2) is 23.6 Å². The highest BCUT2D eigenvalue weighted by molar-refractivity contribution is 7.14. The van der Waals surface area contributed by atoms with Gasteiger partial charge in [-0.2, -0.15) is 0 Å². The van der Waals surface area contributed by atoms with Gasteiger partial charge in [-0.3, -0.25) is 9.59 Å². The molecule has 0 spiro atoms. The van der Waals surface area contributed by atoms with Gasteiger partial charge in [0.2, 0.25) is 5.91 Å². The first-order valence-electron chi connectivity index (χ1n) is 6.01. The van der Waals surface area contributed by atoms with E-state index < -0.39 is 5.91 Å². The van der Waals surface area contributed by atoms with Gasteiger partial charge in [0.1, 0.15) is 5.00 Å². The Hall–Kier alpha value is -1.62. The molecule has 1 aromatic rings. The van der Waals surface area contributed by atoms with Crippen molar-refractivity contribution in [3.8, 4) is 0 Å². The molecule has 18 heavy (non-hydrogen) atoms. The molecule has 3 atom stereocenters. The third-order valence-electron chi connectivity index (χ3n) is 3.78. The summed E-state index contributed by atoms with van der Waals surface area (Å²) < 4.78 is 0. The molecule has 1 heterocycles. The first-order valence-corrected chi connectivity index (χ1v) is 6.89. The predicted molar refractivity (Wildman–Crippen MR) is 70.3 cm³/mol. The van der Waals surface area contributed by atoms with Crippen LogP contribution in [0.1, 0.15) is 23.2 Å². The SMILES string of the molecule is NC(=O)c1ccsc1NC(=O)[C@@H]1C[C@@H]2C=C[C@@H]1C2. The van der Waals surface area contributed by atoms with Gasteiger partial charge in [-0.15, -0.1) is 11.3 Å². The Morgan fingerprint density at radius 1 is 1.33 bits per heavy atom. The summed E-state index contributed by atoms with van der Waals surface area (Å²) in [4.78, 5) is 23.4. The van der Waals surface area contributed by atoms with E-state index in [1.54, 1.807) is 11.4 Å². The van der Waals surface area contributed by atoms with Crippen molar-refractivity contribution in [2.24, 2.45) is 23.5 Å². The Kier molecular flexibility index (Phi) is 2.70. The lowest BCUT2D eigenvalue weighted by atomic mass is 9.93. The minimum atomic E-state index is -0.501. The topological polar surface area (TPSA) is 72.2 Å². The molecule has 3 N–H and O–H groups in total. The maximum absolute atomic E-state index is 12.2. The number of rotatable bonds is 3. The second-order valence-electron chi connectivity index (χ2n) is 4.90. The first-order chi connectivity index (χ1) is 8.65. The summed E-state index contributed by atoms with van der Waals surface area (Å²) in [6.45, 7) is 0. The van der Waals surface area contributed by atoms with Crippen LogP contribution in [-0.4, -0.2) is 11.8 Å². The average molecular weight is 262 g/mol. The fourth-order valence-corrected chi connectivity index (χ4v) is 3.68. The number of nitrogens with one attached hydrogen (secondary N) is 1. The van der Waals surface area contributed by atoms with Gasteiger partial charge in [0.15, 0.2) is 0 Å². The Bertz CT molecular complexity index is 535. The van der Waals surface area contributed by atoms with E-state index in [2.05, 4.69) is 17.5 Å². The first kappa shape index (κ1) is 11.5. The van der Waals surface area contributed by atoms with E-state index in [0.29, 0.717) is 22.4 Å². The number of allylic oxidation sites excluding steroid dienone is 2. The van der Waals surface area contributed by atoms with Crippen molar-refractivity contribution in [1.29, 1.82) is 0 Å². The fraction of sp³-hybridized carbons (Fsp3) is 0.385. The van der Waals surface area contributed by atoms with E-state index in [1.807, 2.05) is 0 Å². The van der Waals surface area contributed by atoms with Crippen LogP contribution in [0.5, 0.6) is 0 Å². The molecular formula is C13H14N2O2S. The molecule has 1 fully saturated rings. The zero-order valence-corrected chi connectivity index (χ0v) is 10.6. The highest BCUT2D eigenvalue weighted by Gasteiger charge is 2.40. The van der Waals surface area contributed by atoms with Gasteiger partial charge in [0.05, 0.1) is 5.56 Å². The fourth-order valence-electron chi connectivity index (χ4n) is 2.89. The Morgan fingerprint density at radius 2 is 2.17 bits per heavy atom. The lowest BCUT2D eigenvalue weighted by Crippen LogP contribution is -2.26. The monoisotopic (exact) mass is 262 g/mol. The third kappa shape index (κ3) is 1.84. The summed E-state index contributed by atoms with van der Waals surface area (Å²) in [5.74, 6) is 0.482. The van der Waals surface area contributed by atoms with Crippen molar-refractivity contribution in [1.82, 2.24) is 0 Å². The summed E-state index contributed by atoms with van der Waals surface area (Å²) in [5.41, 5.74) is 5.65. The Labute approximate surface area is 109 Å². The minimum Gasteiger partial charge on any atom is -0.366 e. The zero-order valence-electron chi connectivity index (χ0n) is 9.76. The molecule has 2 bridgehead atoms. The van der Waals surface area contributed by atoms with Gasteiger partial charge in [-0.25, -0.2) is 0 Å². The molecule has 0 radical (unpaired) electrons. The largest absolute Gasteiger partial charge is 0.366 e. The van der Waals surface area contributed by atoms with E-state index in [1.165, 1.54) is 11.3 Å². The van der Waals surface area contributed by atoms with E-state index in [9.17, 15) is 9.59 Å². The number of amides is 2. The molecule has 0 saturated heterocycles. The van der Waals surface area contributed by atoms with Gasteiger partial charge in [0.25, 0.3) is 5.91 Å². The predicted octanol–water partition coefficient (Wildman–Crippen LogP) is 2.00. The molecule has 2 aliphatic carbocycles. The number of primary amides is 1. The van der Waals surface area contributed by atoms with E-state index in [4.69, 9.17) is 5.73 Å². The number of fused-ring (bicyclic) bond motifs is 2. The van der Waals surface area contributed by atoms with E-state index >= 15 is 0 Å². The van der Waals surface area contributed by atoms with Crippen LogP contribution in [0.4, 0.5) is 5.00 Å². The molecule has 4 nitrogen and oxygen atoms in total. The second kappa shape index (κ2) is 4.24. The van der Waals surface area contributed by atoms with E-state index in [0.717, 1.165) is 12.8 Å². The van der Waals surface area contributed by atoms with Crippen LogP contribution in [-0.2, 0) is 4.79 Å². The minimum absolute atomic E-state index is 0.0109. The number of nitrogens with two attached hydrogens (primary N) is 1. The van der Waals surface area contributed by atoms with Gasteiger partial charge in [-0.1, -0.05) is 12.2 Å². The van der Waals surface area contributed by atoms with Gasteiger partial charge < -0.3 is 11.1 Å². The Balaban J connectivity index is 1.73. The smallest absolute Gasteiger partial charge is 0.251 e. The number of thiophene rings is 1. The normalized spacial score (nSPS) is 28.6. The molecule has 0 aromatic carbocycles. The number of carbonyl (C=O) groups excluding carboxylic acids is 2. The van der Waals surface area contributed by atoms with Gasteiger partial charge in [-0.05, 0) is 36.1 Å². The summed E-state index contributed by atoms with van der Waals surface area (Å²) in [6.07, 6.45) is 6.35. The Morgan fingerprint density at radius 3 is 2.78 bits per heavy atom. The molecule has 5 heteroatoms. The summed E-state index contributed by atoms with van der Waals surface area (Å²) in [5, 5.41) is 5.17. The van der Waals surface area contributed by atoms with Crippen LogP contribution in [0.25, 0.3) is 0 Å². The molecule has 1 saturated carbocycles. The maximum atomic E-state index is 12.2. The number of anilines is 1. The highest BCUT2D eigenvalue weighted by atomic mass is 32.1. The molecule has 2 aliphatic rings. The molecule has 2 amide bonds. The van der Waals surface area contributed by atoms with Crippen LogP contribution in [0.2, 0.25) is 0 Å². The van der Waals surface area contributed by atoms with Crippen molar-refractivity contribution in [3.63, 3.8) is 0 Å². The van der Waals surface area contributed by atoms with Crippen molar-refractivity contribution < 1.29 is 9.59 Å². The van der Waals surface area contributed by atoms with Crippen molar-refractivity contribution in [2.75, 3.05) is 5.32 Å². The molecule has 0 aliphatic heterocycles. The van der Waals surface area contributed by atoms with E-state index in [-0.39, 0.29) is 11.8 Å². The van der Waals surface area contributed by atoms with Crippen LogP contribution in [0, 0.1) is 17.8 Å². The average Bonchev–Trinajstić information content (AvgIpc) is 3.03. The standard InChI is InChI=1S/C13H14N2O2S/c14-11(16)9-3-4-18-13(9)15-12(17)10-6-7-1-2-8(10)5-7/h1-4,7-8,10H,5-6H2,(H2,14,16)(H,15,17)/t7-,8-,10-/m1/s1. The number of carbonyl (C=O) groups is 2. The van der Waals surface area contributed by atoms with Crippen LogP contribution in [0.3, 0.4) is 0 Å². The maximum Gasteiger partial charge on any atom is 0.251 e. The van der Waals surface area contributed by atoms with Gasteiger partial charge in [0, 0.05) is 5.92 Å². The lowest BCUT2D eigenvalue weighted by molar-refractivity contribution is -0.120. The van der Waals surface area contributed by atoms with Crippen molar-refractivity contribution >= 4 is 28.2 Å². The zero-order chi connectivity index (χ0) is 12.7.